The molecule has 0 aliphatic rings. The van der Waals surface area contributed by atoms with E-state index in [1.807, 2.05) is 0 Å². The average molecular weight is 1370 g/mol. The van der Waals surface area contributed by atoms with Crippen molar-refractivity contribution >= 4 is 0 Å². The summed E-state index contributed by atoms with van der Waals surface area (Å²) < 4.78 is 0. The molecule has 0 saturated carbocycles. The molecule has 0 saturated heterocycles. The lowest BCUT2D eigenvalue weighted by molar-refractivity contribution is 2.31. The molecule has 0 unspecified atom stereocenters. The third-order valence-corrected chi connectivity index (χ3v) is 6.96. The smallest absolute Gasteiger partial charge is 0 e. The Bertz CT molecular complexity index is 7650. The molecule has 0 heteroatoms. The SMILES string of the molecule is C#CC#CC#CC#CC#CC#CC#CC#CC#CC#CC#CC#CC#CC#CC#CC#CC#CC#CC#CC#CC#CC#CC#CC#CC#CC#CC#CC#CC#CC#CC#CC#CC#CC#CC#CC#CC#CC#CC#CC#CC#CC#CC#CC#CC#CC#CC#CC#CC#CC#CC#CC#CC#CC#CC#CC#CC#C. The Morgan fingerprint density at radius 3 is 0.0965 bits per heavy atom. The molecule has 0 amide bonds. The van der Waals surface area contributed by atoms with Gasteiger partial charge in [0.2, 0.25) is 0 Å². The monoisotopic (exact) mass is 1370 g/mol. The maximum Gasteiger partial charge on any atom is 0 e. The molecule has 0 N–H and O–H groups in total. The van der Waals surface area contributed by atoms with Gasteiger partial charge in [-0.15, -0.1) is 12.8 Å². The minimum absolute atomic E-state index is 2.12. The Balaban J connectivity index is 4.65. The van der Waals surface area contributed by atoms with Gasteiger partial charge in [0, 0.05) is 568 Å². The fourth-order valence-electron chi connectivity index (χ4n) is 3.45. The van der Waals surface area contributed by atoms with Gasteiger partial charge in [-0.1, -0.05) is 0 Å². The molecular formula is C114H2. The van der Waals surface area contributed by atoms with E-state index in [0.29, 0.717) is 0 Å². The second-order valence-electron chi connectivity index (χ2n) is 14.0. The third-order valence-electron chi connectivity index (χ3n) is 6.96. The second kappa shape index (κ2) is 87.9. The second-order valence-corrected chi connectivity index (χ2v) is 14.0. The summed E-state index contributed by atoms with van der Waals surface area (Å²) in [6.45, 7) is 0. The minimum Gasteiger partial charge on any atom is -0.106 e. The van der Waals surface area contributed by atoms with Crippen molar-refractivity contribution in [3.8, 4) is 676 Å². The molecule has 0 heterocycles. The lowest BCUT2D eigenvalue weighted by atomic mass is 10.4. The van der Waals surface area contributed by atoms with E-state index in [1.165, 1.54) is 0 Å². The van der Waals surface area contributed by atoms with E-state index in [4.69, 9.17) is 12.8 Å². The van der Waals surface area contributed by atoms with Gasteiger partial charge in [-0.2, -0.15) is 0 Å². The van der Waals surface area contributed by atoms with Gasteiger partial charge in [0.15, 0.2) is 0 Å². The van der Waals surface area contributed by atoms with Crippen molar-refractivity contribution in [2.24, 2.45) is 0 Å². The molecule has 0 aromatic rings. The van der Waals surface area contributed by atoms with Crippen LogP contribution in [0, 0.1) is 676 Å². The van der Waals surface area contributed by atoms with Crippen LogP contribution in [0.3, 0.4) is 0 Å². The first-order valence-electron chi connectivity index (χ1n) is 28.3. The van der Waals surface area contributed by atoms with E-state index in [-0.39, 0.29) is 0 Å². The average Bonchev–Trinajstić information content (AvgIpc) is 2.83. The van der Waals surface area contributed by atoms with E-state index < -0.39 is 0 Å². The van der Waals surface area contributed by atoms with Gasteiger partial charge in [-0.05, 0) is 94.7 Å². The highest BCUT2D eigenvalue weighted by Crippen LogP contribution is 1.69. The molecule has 0 rings (SSSR count). The minimum atomic E-state index is 2.12. The number of hydrogen-bond donors (Lipinski definition) is 0. The molecule has 0 fully saturated rings. The Hall–Kier alpha value is -25.1. The van der Waals surface area contributed by atoms with Gasteiger partial charge in [0.1, 0.15) is 0 Å². The van der Waals surface area contributed by atoms with Crippen molar-refractivity contribution in [1.29, 1.82) is 0 Å². The standard InChI is InChI=1S/C114H2/c1-3-5-7-9-11-13-15-17-19-21-23-25-27-29-31-33-35-37-39-41-43-45-47-49-51-53-55-57-59-61-63-65-67-69-71-73-75-77-79-81-83-85-87-89-91-93-95-97-99-101-103-105-107-109-111-113-114-112-110-108-106-104-102-100-98-96-94-92-90-88-86-84-82-80-78-76-74-72-70-68-66-64-62-60-58-56-54-52-50-48-46-44-42-40-38-36-34-32-30-28-26-24-22-20-18-16-14-12-10-8-6-4-2/h1-2H. The zero-order valence-electron chi connectivity index (χ0n) is 57.2. The van der Waals surface area contributed by atoms with Crippen LogP contribution in [0.5, 0.6) is 0 Å². The van der Waals surface area contributed by atoms with Crippen LogP contribution in [0.25, 0.3) is 0 Å². The molecule has 0 radical (unpaired) electrons. The van der Waals surface area contributed by atoms with Crippen molar-refractivity contribution < 1.29 is 0 Å². The van der Waals surface area contributed by atoms with E-state index in [2.05, 4.69) is 663 Å². The summed E-state index contributed by atoms with van der Waals surface area (Å²) in [6, 6.07) is 0. The Kier molecular flexibility index (Phi) is 68.6. The quantitative estimate of drug-likeness (QED) is 0.310. The van der Waals surface area contributed by atoms with E-state index in [9.17, 15) is 0 Å². The van der Waals surface area contributed by atoms with Crippen molar-refractivity contribution in [2.45, 2.75) is 0 Å². The lowest BCUT2D eigenvalue weighted by Gasteiger charge is -1.58. The molecule has 0 aliphatic heterocycles. The van der Waals surface area contributed by atoms with Crippen LogP contribution in [-0.4, -0.2) is 0 Å². The summed E-state index contributed by atoms with van der Waals surface area (Å²) in [5, 5.41) is 0. The summed E-state index contributed by atoms with van der Waals surface area (Å²) in [4.78, 5) is 0. The normalized spacial score (nSPS) is 3.95. The fraction of sp³-hybridized carbons (Fsp3) is 0. The summed E-state index contributed by atoms with van der Waals surface area (Å²) >= 11 is 0. The maximum absolute atomic E-state index is 4.95. The van der Waals surface area contributed by atoms with Crippen LogP contribution >= 0.6 is 0 Å². The van der Waals surface area contributed by atoms with Gasteiger partial charge < -0.3 is 0 Å². The van der Waals surface area contributed by atoms with Gasteiger partial charge >= 0.3 is 0 Å². The van der Waals surface area contributed by atoms with Crippen LogP contribution in [0.2, 0.25) is 0 Å². The largest absolute Gasteiger partial charge is 0.106 e. The van der Waals surface area contributed by atoms with Gasteiger partial charge in [0.05, 0.1) is 0 Å². The molecule has 0 atom stereocenters. The molecule has 114 heavy (non-hydrogen) atoms. The zero-order chi connectivity index (χ0) is 81.2. The highest BCUT2D eigenvalue weighted by molar-refractivity contribution is 5.57. The van der Waals surface area contributed by atoms with Gasteiger partial charge in [-0.3, -0.25) is 0 Å². The van der Waals surface area contributed by atoms with Crippen molar-refractivity contribution in [2.75, 3.05) is 0 Å². The molecule has 0 aromatic heterocycles. The van der Waals surface area contributed by atoms with E-state index in [0.717, 1.165) is 0 Å². The summed E-state index contributed by atoms with van der Waals surface area (Å²) in [5.74, 6) is 278. The predicted octanol–water partition coefficient (Wildman–Crippen LogP) is 0.440. The molecule has 0 spiro atoms. The summed E-state index contributed by atoms with van der Waals surface area (Å²) in [7, 11) is 0. The molecule has 0 aliphatic carbocycles. The topological polar surface area (TPSA) is 0 Å². The fourth-order valence-corrected chi connectivity index (χ4v) is 3.45. The Morgan fingerprint density at radius 2 is 0.0702 bits per heavy atom. The van der Waals surface area contributed by atoms with Crippen molar-refractivity contribution in [3.63, 3.8) is 0 Å². The summed E-state index contributed by atoms with van der Waals surface area (Å²) in [6.07, 6.45) is 9.91. The first-order valence-corrected chi connectivity index (χ1v) is 28.3. The highest BCUT2D eigenvalue weighted by Gasteiger charge is 1.68. The third kappa shape index (κ3) is 86.9. The Morgan fingerprint density at radius 1 is 0.0439 bits per heavy atom. The van der Waals surface area contributed by atoms with Gasteiger partial charge in [-0.25, -0.2) is 0 Å². The first-order chi connectivity index (χ1) is 56.9. The number of terminal acetylenes is 2. The summed E-state index contributed by atoms with van der Waals surface area (Å²) in [5.41, 5.74) is 0. The van der Waals surface area contributed by atoms with Gasteiger partial charge in [0.25, 0.3) is 0 Å². The van der Waals surface area contributed by atoms with Crippen LogP contribution in [0.1, 0.15) is 0 Å². The van der Waals surface area contributed by atoms with Crippen LogP contribution in [0.15, 0.2) is 0 Å². The molecule has 0 aromatic carbocycles. The first kappa shape index (κ1) is 88.9. The lowest BCUT2D eigenvalue weighted by Crippen LogP contribution is -1.57. The molecular weight excluding hydrogens is 1370 g/mol. The zero-order valence-corrected chi connectivity index (χ0v) is 57.2. The predicted molar refractivity (Wildman–Crippen MR) is 445 cm³/mol. The molecule has 458 valence electrons. The maximum atomic E-state index is 4.95. The van der Waals surface area contributed by atoms with Crippen molar-refractivity contribution in [1.82, 2.24) is 0 Å². The van der Waals surface area contributed by atoms with Crippen LogP contribution < -0.4 is 0 Å². The molecule has 0 nitrogen and oxygen atoms in total. The van der Waals surface area contributed by atoms with Crippen LogP contribution in [0.4, 0.5) is 0 Å². The number of rotatable bonds is 0. The number of hydrogen-bond acceptors (Lipinski definition) is 0. The van der Waals surface area contributed by atoms with E-state index >= 15 is 0 Å². The highest BCUT2D eigenvalue weighted by atomic mass is 13.7. The van der Waals surface area contributed by atoms with Crippen LogP contribution in [-0.2, 0) is 0 Å². The Labute approximate surface area is 671 Å². The van der Waals surface area contributed by atoms with E-state index in [1.54, 1.807) is 0 Å². The van der Waals surface area contributed by atoms with Crippen molar-refractivity contribution in [3.05, 3.63) is 0 Å². The molecule has 0 bridgehead atoms.